The number of amides is 1. The molecule has 0 unspecified atom stereocenters. The van der Waals surface area contributed by atoms with Crippen molar-refractivity contribution < 1.29 is 19.2 Å². The lowest BCUT2D eigenvalue weighted by atomic mass is 10.2. The van der Waals surface area contributed by atoms with Crippen molar-refractivity contribution in [2.45, 2.75) is 20.3 Å². The van der Waals surface area contributed by atoms with Crippen LogP contribution in [0, 0.1) is 10.1 Å². The van der Waals surface area contributed by atoms with Gasteiger partial charge in [-0.2, -0.15) is 0 Å². The summed E-state index contributed by atoms with van der Waals surface area (Å²) in [6.45, 7) is 4.86. The Morgan fingerprint density at radius 2 is 1.84 bits per heavy atom. The van der Waals surface area contributed by atoms with E-state index in [1.807, 2.05) is 31.2 Å². The minimum atomic E-state index is -0.477. The maximum Gasteiger partial charge on any atom is 0.307 e. The van der Waals surface area contributed by atoms with Gasteiger partial charge in [0, 0.05) is 52.5 Å². The van der Waals surface area contributed by atoms with Crippen molar-refractivity contribution in [1.29, 1.82) is 0 Å². The molecule has 3 N–H and O–H groups in total. The minimum absolute atomic E-state index is 0.00273. The summed E-state index contributed by atoms with van der Waals surface area (Å²) in [7, 11) is 1.38. The zero-order valence-electron chi connectivity index (χ0n) is 17.4. The summed E-state index contributed by atoms with van der Waals surface area (Å²) in [4.78, 5) is 34.1. The summed E-state index contributed by atoms with van der Waals surface area (Å²) in [6.07, 6.45) is 0.342. The van der Waals surface area contributed by atoms with Gasteiger partial charge >= 0.3 is 5.97 Å². The number of hydrogen-bond donors (Lipinski definition) is 2. The number of benzene rings is 2. The van der Waals surface area contributed by atoms with E-state index in [-0.39, 0.29) is 17.6 Å². The molecule has 1 amide bonds. The van der Waals surface area contributed by atoms with Crippen LogP contribution in [0.2, 0.25) is 0 Å². The molecule has 168 valence electrons. The standard InChI is InChI=1S/C14H20N2O3.C6H4Br2N2O2/c1-4-16(9-8-14(18)19-3)13-7-5-6-12(10-13)15-11(2)17;7-4-1-3(10(11)12)2-5(8)6(4)9/h5-7,10H,4,8-9H2,1-3H3,(H,15,17);1-2H,9H2. The molecule has 0 aromatic heterocycles. The number of ether oxygens (including phenoxy) is 1. The normalized spacial score (nSPS) is 9.84. The molecule has 0 spiro atoms. The number of carbonyl (C=O) groups excluding carboxylic acids is 2. The molecule has 0 atom stereocenters. The van der Waals surface area contributed by atoms with E-state index in [1.54, 1.807) is 0 Å². The van der Waals surface area contributed by atoms with Gasteiger partial charge < -0.3 is 20.7 Å². The number of anilines is 3. The van der Waals surface area contributed by atoms with Gasteiger partial charge in [-0.3, -0.25) is 19.7 Å². The Labute approximate surface area is 197 Å². The highest BCUT2D eigenvalue weighted by Gasteiger charge is 2.11. The Hall–Kier alpha value is -2.66. The molecule has 0 radical (unpaired) electrons. The molecule has 31 heavy (non-hydrogen) atoms. The molecule has 2 aromatic rings. The summed E-state index contributed by atoms with van der Waals surface area (Å²) in [5.41, 5.74) is 7.72. The number of nitrogens with two attached hydrogens (primary N) is 1. The van der Waals surface area contributed by atoms with Crippen molar-refractivity contribution in [3.63, 3.8) is 0 Å². The van der Waals surface area contributed by atoms with E-state index < -0.39 is 4.92 Å². The number of nitrogens with one attached hydrogen (secondary N) is 1. The predicted molar refractivity (Wildman–Crippen MR) is 128 cm³/mol. The maximum absolute atomic E-state index is 11.2. The van der Waals surface area contributed by atoms with Crippen LogP contribution in [-0.4, -0.2) is 37.0 Å². The van der Waals surface area contributed by atoms with Crippen molar-refractivity contribution in [3.8, 4) is 0 Å². The van der Waals surface area contributed by atoms with Crippen molar-refractivity contribution in [2.75, 3.05) is 36.1 Å². The first-order valence-corrected chi connectivity index (χ1v) is 10.8. The van der Waals surface area contributed by atoms with E-state index in [1.165, 1.54) is 26.2 Å². The van der Waals surface area contributed by atoms with Gasteiger partial charge in [0.15, 0.2) is 0 Å². The lowest BCUT2D eigenvalue weighted by Crippen LogP contribution is -2.26. The summed E-state index contributed by atoms with van der Waals surface area (Å²) in [6, 6.07) is 10.3. The number of non-ortho nitro benzene ring substituents is 1. The first-order chi connectivity index (χ1) is 14.6. The monoisotopic (exact) mass is 558 g/mol. The highest BCUT2D eigenvalue weighted by atomic mass is 79.9. The zero-order chi connectivity index (χ0) is 23.6. The minimum Gasteiger partial charge on any atom is -0.469 e. The number of nitrogen functional groups attached to an aromatic ring is 1. The molecular formula is C20H24Br2N4O5. The van der Waals surface area contributed by atoms with E-state index in [0.717, 1.165) is 17.9 Å². The van der Waals surface area contributed by atoms with Crippen molar-refractivity contribution >= 4 is 66.5 Å². The molecule has 0 saturated heterocycles. The zero-order valence-corrected chi connectivity index (χ0v) is 20.5. The second kappa shape index (κ2) is 12.9. The SMILES string of the molecule is CCN(CCC(=O)OC)c1cccc(NC(C)=O)c1.Nc1c(Br)cc([N+](=O)[O-])cc1Br. The number of halogens is 2. The average molecular weight is 560 g/mol. The van der Waals surface area contributed by atoms with Crippen molar-refractivity contribution in [3.05, 3.63) is 55.5 Å². The molecule has 11 heteroatoms. The molecular weight excluding hydrogens is 536 g/mol. The molecule has 0 heterocycles. The number of hydrogen-bond acceptors (Lipinski definition) is 7. The van der Waals surface area contributed by atoms with Crippen LogP contribution >= 0.6 is 31.9 Å². The van der Waals surface area contributed by atoms with E-state index in [2.05, 4.69) is 46.8 Å². The predicted octanol–water partition coefficient (Wildman–Crippen LogP) is 4.74. The lowest BCUT2D eigenvalue weighted by molar-refractivity contribution is -0.385. The average Bonchev–Trinajstić information content (AvgIpc) is 2.72. The number of esters is 1. The van der Waals surface area contributed by atoms with Crippen molar-refractivity contribution in [2.24, 2.45) is 0 Å². The second-order valence-electron chi connectivity index (χ2n) is 6.22. The van der Waals surface area contributed by atoms with Crippen LogP contribution in [0.3, 0.4) is 0 Å². The topological polar surface area (TPSA) is 128 Å². The summed E-state index contributed by atoms with van der Waals surface area (Å²) in [5.74, 6) is -0.328. The van der Waals surface area contributed by atoms with Crippen LogP contribution in [0.15, 0.2) is 45.3 Å². The first kappa shape index (κ1) is 26.4. The van der Waals surface area contributed by atoms with Crippen LogP contribution in [0.1, 0.15) is 20.3 Å². The summed E-state index contributed by atoms with van der Waals surface area (Å²) in [5, 5.41) is 13.1. The van der Waals surface area contributed by atoms with Gasteiger partial charge in [-0.25, -0.2) is 0 Å². The molecule has 0 fully saturated rings. The van der Waals surface area contributed by atoms with Gasteiger partial charge in [0.2, 0.25) is 5.91 Å². The Morgan fingerprint density at radius 3 is 2.32 bits per heavy atom. The molecule has 0 bridgehead atoms. The number of nitrogens with zero attached hydrogens (tertiary/aromatic N) is 2. The van der Waals surface area contributed by atoms with E-state index in [0.29, 0.717) is 27.6 Å². The second-order valence-corrected chi connectivity index (χ2v) is 7.93. The Morgan fingerprint density at radius 1 is 1.23 bits per heavy atom. The molecule has 0 aliphatic rings. The third-order valence-electron chi connectivity index (χ3n) is 4.00. The number of nitro groups is 1. The number of rotatable bonds is 7. The molecule has 0 aliphatic carbocycles. The van der Waals surface area contributed by atoms with Crippen LogP contribution in [0.5, 0.6) is 0 Å². The molecule has 0 aliphatic heterocycles. The first-order valence-electron chi connectivity index (χ1n) is 9.17. The third kappa shape index (κ3) is 8.93. The number of carbonyl (C=O) groups is 2. The molecule has 2 rings (SSSR count). The van der Waals surface area contributed by atoms with Crippen LogP contribution in [-0.2, 0) is 14.3 Å². The summed E-state index contributed by atoms with van der Waals surface area (Å²) < 4.78 is 5.67. The largest absolute Gasteiger partial charge is 0.469 e. The summed E-state index contributed by atoms with van der Waals surface area (Å²) >= 11 is 6.21. The fraction of sp³-hybridized carbons (Fsp3) is 0.300. The quantitative estimate of drug-likeness (QED) is 0.217. The Kier molecular flexibility index (Phi) is 11.0. The van der Waals surface area contributed by atoms with Gasteiger partial charge in [0.1, 0.15) is 0 Å². The lowest BCUT2D eigenvalue weighted by Gasteiger charge is -2.23. The fourth-order valence-corrected chi connectivity index (χ4v) is 3.62. The van der Waals surface area contributed by atoms with Gasteiger partial charge in [-0.1, -0.05) is 6.07 Å². The van der Waals surface area contributed by atoms with Gasteiger partial charge in [-0.15, -0.1) is 0 Å². The highest BCUT2D eigenvalue weighted by molar-refractivity contribution is 9.11. The van der Waals surface area contributed by atoms with Gasteiger partial charge in [-0.05, 0) is 57.0 Å². The molecule has 2 aromatic carbocycles. The third-order valence-corrected chi connectivity index (χ3v) is 5.31. The highest BCUT2D eigenvalue weighted by Crippen LogP contribution is 2.32. The van der Waals surface area contributed by atoms with E-state index in [9.17, 15) is 19.7 Å². The van der Waals surface area contributed by atoms with Crippen LogP contribution in [0.4, 0.5) is 22.7 Å². The van der Waals surface area contributed by atoms with Crippen LogP contribution < -0.4 is 16.0 Å². The fourth-order valence-electron chi connectivity index (χ4n) is 2.46. The Balaban J connectivity index is 0.000000343. The maximum atomic E-state index is 11.2. The van der Waals surface area contributed by atoms with E-state index >= 15 is 0 Å². The number of nitro benzene ring substituents is 1. The van der Waals surface area contributed by atoms with Crippen molar-refractivity contribution in [1.82, 2.24) is 0 Å². The van der Waals surface area contributed by atoms with Gasteiger partial charge in [0.05, 0.1) is 24.1 Å². The number of methoxy groups -OCH3 is 1. The Bertz CT molecular complexity index is 917. The van der Waals surface area contributed by atoms with E-state index in [4.69, 9.17) is 5.73 Å². The van der Waals surface area contributed by atoms with Crippen LogP contribution in [0.25, 0.3) is 0 Å². The smallest absolute Gasteiger partial charge is 0.307 e. The van der Waals surface area contributed by atoms with Gasteiger partial charge in [0.25, 0.3) is 5.69 Å². The molecule has 9 nitrogen and oxygen atoms in total. The molecule has 0 saturated carbocycles.